The number of nitrogens with one attached hydrogen (secondary N) is 1. The molecule has 0 aliphatic rings. The van der Waals surface area contributed by atoms with Gasteiger partial charge >= 0.3 is 5.97 Å². The maximum absolute atomic E-state index is 11.9. The summed E-state index contributed by atoms with van der Waals surface area (Å²) in [6, 6.07) is 4.81. The monoisotopic (exact) mass is 273 g/mol. The molecule has 0 spiro atoms. The fraction of sp³-hybridized carbons (Fsp3) is 0.364. The molecule has 100 valence electrons. The Morgan fingerprint density at radius 3 is 2.39 bits per heavy atom. The molecule has 1 rings (SSSR count). The van der Waals surface area contributed by atoms with Gasteiger partial charge in [-0.05, 0) is 19.1 Å². The van der Waals surface area contributed by atoms with Gasteiger partial charge in [-0.25, -0.2) is 8.42 Å². The number of hydrogen-bond acceptors (Lipinski definition) is 5. The van der Waals surface area contributed by atoms with Gasteiger partial charge in [0.25, 0.3) is 0 Å². The summed E-state index contributed by atoms with van der Waals surface area (Å²) in [6.07, 6.45) is 0. The van der Waals surface area contributed by atoms with E-state index in [-0.39, 0.29) is 4.90 Å². The van der Waals surface area contributed by atoms with E-state index in [9.17, 15) is 13.2 Å². The number of carbonyl (C=O) groups excluding carboxylic acids is 1. The Balaban J connectivity index is 2.94. The highest BCUT2D eigenvalue weighted by molar-refractivity contribution is 7.89. The molecule has 0 amide bonds. The van der Waals surface area contributed by atoms with E-state index in [1.165, 1.54) is 12.1 Å². The van der Waals surface area contributed by atoms with Gasteiger partial charge in [-0.3, -0.25) is 4.79 Å². The summed E-state index contributed by atoms with van der Waals surface area (Å²) in [6.45, 7) is 1.16. The van der Waals surface area contributed by atoms with Crippen molar-refractivity contribution < 1.29 is 23.1 Å². The van der Waals surface area contributed by atoms with Gasteiger partial charge in [0.1, 0.15) is 6.04 Å². The highest BCUT2D eigenvalue weighted by atomic mass is 32.2. The second-order valence-electron chi connectivity index (χ2n) is 3.69. The first-order chi connectivity index (χ1) is 8.40. The molecule has 0 aliphatic heterocycles. The number of rotatable bonds is 5. The number of benzene rings is 1. The fourth-order valence-corrected chi connectivity index (χ4v) is 2.45. The molecule has 0 saturated heterocycles. The third kappa shape index (κ3) is 3.52. The van der Waals surface area contributed by atoms with E-state index in [4.69, 9.17) is 5.11 Å². The SMILES string of the molecule is COC(=O)[C@@H](CO)NS(=O)(=O)c1ccc(C)cc1. The van der Waals surface area contributed by atoms with E-state index in [0.717, 1.165) is 12.7 Å². The average molecular weight is 273 g/mol. The standard InChI is InChI=1S/C11H15NO5S/c1-8-3-5-9(6-4-8)18(15,16)12-10(7-13)11(14)17-2/h3-6,10,12-13H,7H2,1-2H3/t10-/m1/s1. The number of methoxy groups -OCH3 is 1. The molecule has 0 unspecified atom stereocenters. The first kappa shape index (κ1) is 14.6. The number of sulfonamides is 1. The van der Waals surface area contributed by atoms with Gasteiger partial charge in [0, 0.05) is 0 Å². The van der Waals surface area contributed by atoms with Crippen molar-refractivity contribution >= 4 is 16.0 Å². The van der Waals surface area contributed by atoms with Crippen LogP contribution in [-0.2, 0) is 19.6 Å². The molecule has 2 N–H and O–H groups in total. The first-order valence-corrected chi connectivity index (χ1v) is 6.66. The van der Waals surface area contributed by atoms with Gasteiger partial charge in [-0.15, -0.1) is 0 Å². The Morgan fingerprint density at radius 2 is 1.94 bits per heavy atom. The minimum absolute atomic E-state index is 0.0236. The maximum atomic E-state index is 11.9. The van der Waals surface area contributed by atoms with Crippen LogP contribution in [0.3, 0.4) is 0 Å². The number of ether oxygens (including phenoxy) is 1. The quantitative estimate of drug-likeness (QED) is 0.725. The summed E-state index contributed by atoms with van der Waals surface area (Å²) >= 11 is 0. The lowest BCUT2D eigenvalue weighted by molar-refractivity contribution is -0.143. The molecule has 0 saturated carbocycles. The van der Waals surface area contributed by atoms with E-state index in [1.54, 1.807) is 12.1 Å². The van der Waals surface area contributed by atoms with Crippen molar-refractivity contribution in [3.05, 3.63) is 29.8 Å². The lowest BCUT2D eigenvalue weighted by atomic mass is 10.2. The second kappa shape index (κ2) is 5.94. The van der Waals surface area contributed by atoms with Gasteiger partial charge in [-0.1, -0.05) is 17.7 Å². The van der Waals surface area contributed by atoms with Crippen LogP contribution in [0.25, 0.3) is 0 Å². The Labute approximate surface area is 106 Å². The molecule has 0 radical (unpaired) electrons. The maximum Gasteiger partial charge on any atom is 0.326 e. The van der Waals surface area contributed by atoms with Crippen LogP contribution in [0.2, 0.25) is 0 Å². The van der Waals surface area contributed by atoms with Crippen LogP contribution in [-0.4, -0.2) is 39.3 Å². The van der Waals surface area contributed by atoms with E-state index < -0.39 is 28.6 Å². The zero-order valence-electron chi connectivity index (χ0n) is 10.1. The predicted molar refractivity (Wildman–Crippen MR) is 64.4 cm³/mol. The Kier molecular flexibility index (Phi) is 4.83. The summed E-state index contributed by atoms with van der Waals surface area (Å²) in [5.74, 6) is -0.840. The lowest BCUT2D eigenvalue weighted by Gasteiger charge is -2.14. The number of carbonyl (C=O) groups is 1. The molecule has 1 aromatic rings. The molecule has 18 heavy (non-hydrogen) atoms. The Hall–Kier alpha value is -1.44. The molecule has 0 heterocycles. The summed E-state index contributed by atoms with van der Waals surface area (Å²) in [5.41, 5.74) is 0.917. The third-order valence-electron chi connectivity index (χ3n) is 2.30. The first-order valence-electron chi connectivity index (χ1n) is 5.18. The van der Waals surface area contributed by atoms with Crippen molar-refractivity contribution in [2.75, 3.05) is 13.7 Å². The zero-order valence-corrected chi connectivity index (χ0v) is 10.9. The fourth-order valence-electron chi connectivity index (χ4n) is 1.27. The Bertz CT molecular complexity index is 509. The highest BCUT2D eigenvalue weighted by Crippen LogP contribution is 2.10. The van der Waals surface area contributed by atoms with Crippen LogP contribution in [0.1, 0.15) is 5.56 Å². The van der Waals surface area contributed by atoms with Crippen molar-refractivity contribution in [1.29, 1.82) is 0 Å². The van der Waals surface area contributed by atoms with Crippen LogP contribution in [0.4, 0.5) is 0 Å². The number of esters is 1. The van der Waals surface area contributed by atoms with Crippen LogP contribution in [0.5, 0.6) is 0 Å². The molecule has 7 heteroatoms. The number of aliphatic hydroxyl groups excluding tert-OH is 1. The summed E-state index contributed by atoms with van der Waals surface area (Å²) in [4.78, 5) is 11.2. The van der Waals surface area contributed by atoms with Crippen molar-refractivity contribution in [1.82, 2.24) is 4.72 Å². The molecule has 1 atom stereocenters. The largest absolute Gasteiger partial charge is 0.468 e. The number of hydrogen-bond donors (Lipinski definition) is 2. The van der Waals surface area contributed by atoms with Crippen LogP contribution in [0.15, 0.2) is 29.2 Å². The van der Waals surface area contributed by atoms with E-state index >= 15 is 0 Å². The smallest absolute Gasteiger partial charge is 0.326 e. The summed E-state index contributed by atoms with van der Waals surface area (Å²) in [5, 5.41) is 8.95. The molecular formula is C11H15NO5S. The van der Waals surface area contributed by atoms with Crippen LogP contribution >= 0.6 is 0 Å². The predicted octanol–water partition coefficient (Wildman–Crippen LogP) is -0.193. The number of aliphatic hydroxyl groups is 1. The minimum atomic E-state index is -3.85. The lowest BCUT2D eigenvalue weighted by Crippen LogP contribution is -2.43. The Morgan fingerprint density at radius 1 is 1.39 bits per heavy atom. The average Bonchev–Trinajstić information content (AvgIpc) is 2.35. The third-order valence-corrected chi connectivity index (χ3v) is 3.78. The van der Waals surface area contributed by atoms with Crippen LogP contribution in [0, 0.1) is 6.92 Å². The van der Waals surface area contributed by atoms with Gasteiger partial charge in [0.05, 0.1) is 18.6 Å². The van der Waals surface area contributed by atoms with Crippen molar-refractivity contribution in [2.24, 2.45) is 0 Å². The summed E-state index contributed by atoms with van der Waals surface area (Å²) in [7, 11) is -2.74. The topological polar surface area (TPSA) is 92.7 Å². The normalized spacial score (nSPS) is 13.1. The molecule has 1 aromatic carbocycles. The molecule has 6 nitrogen and oxygen atoms in total. The zero-order chi connectivity index (χ0) is 13.8. The molecule has 0 aliphatic carbocycles. The van der Waals surface area contributed by atoms with Gasteiger partial charge in [0.15, 0.2) is 0 Å². The molecular weight excluding hydrogens is 258 g/mol. The van der Waals surface area contributed by atoms with E-state index in [0.29, 0.717) is 0 Å². The van der Waals surface area contributed by atoms with Crippen molar-refractivity contribution in [3.8, 4) is 0 Å². The van der Waals surface area contributed by atoms with Gasteiger partial charge in [-0.2, -0.15) is 4.72 Å². The number of aryl methyl sites for hydroxylation is 1. The van der Waals surface area contributed by atoms with Crippen LogP contribution < -0.4 is 4.72 Å². The summed E-state index contributed by atoms with van der Waals surface area (Å²) < 4.78 is 30.3. The van der Waals surface area contributed by atoms with Crippen molar-refractivity contribution in [2.45, 2.75) is 17.9 Å². The van der Waals surface area contributed by atoms with E-state index in [1.807, 2.05) is 6.92 Å². The van der Waals surface area contributed by atoms with Crippen molar-refractivity contribution in [3.63, 3.8) is 0 Å². The second-order valence-corrected chi connectivity index (χ2v) is 5.41. The van der Waals surface area contributed by atoms with Gasteiger partial charge < -0.3 is 9.84 Å². The molecule has 0 bridgehead atoms. The minimum Gasteiger partial charge on any atom is -0.468 e. The molecule has 0 fully saturated rings. The highest BCUT2D eigenvalue weighted by Gasteiger charge is 2.25. The van der Waals surface area contributed by atoms with Gasteiger partial charge in [0.2, 0.25) is 10.0 Å². The molecule has 0 aromatic heterocycles. The van der Waals surface area contributed by atoms with E-state index in [2.05, 4.69) is 9.46 Å².